The zero-order valence-electron chi connectivity index (χ0n) is 14.6. The number of carbonyl (C=O) groups is 1. The number of likely N-dealkylation sites (tertiary alicyclic amines) is 1. The summed E-state index contributed by atoms with van der Waals surface area (Å²) in [5.74, 6) is 2.04. The summed E-state index contributed by atoms with van der Waals surface area (Å²) < 4.78 is 1.71. The molecule has 3 heterocycles. The Kier molecular flexibility index (Phi) is 4.38. The van der Waals surface area contributed by atoms with E-state index in [4.69, 9.17) is 0 Å². The molecule has 0 radical (unpaired) electrons. The second-order valence-corrected chi connectivity index (χ2v) is 7.07. The van der Waals surface area contributed by atoms with E-state index in [9.17, 15) is 4.79 Å². The zero-order valence-corrected chi connectivity index (χ0v) is 14.6. The van der Waals surface area contributed by atoms with Gasteiger partial charge in [0.2, 0.25) is 5.91 Å². The van der Waals surface area contributed by atoms with Crippen LogP contribution in [0.25, 0.3) is 5.82 Å². The van der Waals surface area contributed by atoms with Gasteiger partial charge in [-0.25, -0.2) is 4.68 Å². The summed E-state index contributed by atoms with van der Waals surface area (Å²) in [4.78, 5) is 14.5. The minimum atomic E-state index is 0.248. The molecule has 0 bridgehead atoms. The monoisotopic (exact) mass is 340 g/mol. The Morgan fingerprint density at radius 3 is 2.68 bits per heavy atom. The van der Waals surface area contributed by atoms with Crippen LogP contribution in [0.2, 0.25) is 0 Å². The van der Waals surface area contributed by atoms with Gasteiger partial charge in [0.05, 0.1) is 5.69 Å². The number of aryl methyl sites for hydroxylation is 1. The molecule has 7 nitrogen and oxygen atoms in total. The summed E-state index contributed by atoms with van der Waals surface area (Å²) in [7, 11) is 0. The molecular formula is C18H24N6O. The third kappa shape index (κ3) is 3.50. The molecule has 1 atom stereocenters. The predicted octanol–water partition coefficient (Wildman–Crippen LogP) is 2.17. The maximum absolute atomic E-state index is 12.5. The van der Waals surface area contributed by atoms with Gasteiger partial charge in [-0.05, 0) is 44.4 Å². The molecule has 1 saturated carbocycles. The average Bonchev–Trinajstić information content (AvgIpc) is 3.37. The van der Waals surface area contributed by atoms with Crippen LogP contribution >= 0.6 is 0 Å². The van der Waals surface area contributed by atoms with Crippen LogP contribution in [-0.4, -0.2) is 49.9 Å². The lowest BCUT2D eigenvalue weighted by atomic mass is 10.1. The first kappa shape index (κ1) is 16.1. The zero-order chi connectivity index (χ0) is 17.2. The molecule has 1 aliphatic carbocycles. The molecule has 0 spiro atoms. The van der Waals surface area contributed by atoms with Crippen LogP contribution in [0.15, 0.2) is 24.4 Å². The predicted molar refractivity (Wildman–Crippen MR) is 94.5 cm³/mol. The van der Waals surface area contributed by atoms with Crippen LogP contribution in [0, 0.1) is 12.8 Å². The Labute approximate surface area is 147 Å². The van der Waals surface area contributed by atoms with Crippen molar-refractivity contribution in [3.8, 4) is 5.82 Å². The average molecular weight is 340 g/mol. The molecule has 2 aromatic heterocycles. The molecular weight excluding hydrogens is 316 g/mol. The molecule has 1 amide bonds. The number of anilines is 1. The van der Waals surface area contributed by atoms with E-state index in [0.29, 0.717) is 11.7 Å². The van der Waals surface area contributed by atoms with Crippen molar-refractivity contribution < 1.29 is 4.79 Å². The fraction of sp³-hybridized carbons (Fsp3) is 0.556. The van der Waals surface area contributed by atoms with Crippen LogP contribution in [0.1, 0.15) is 37.8 Å². The maximum Gasteiger partial charge on any atom is 0.225 e. The molecule has 2 aromatic rings. The summed E-state index contributed by atoms with van der Waals surface area (Å²) in [6, 6.07) is 6.00. The van der Waals surface area contributed by atoms with Crippen molar-refractivity contribution >= 4 is 11.7 Å². The normalized spacial score (nSPS) is 21.0. The van der Waals surface area contributed by atoms with Crippen molar-refractivity contribution in [2.24, 2.45) is 5.92 Å². The van der Waals surface area contributed by atoms with Crippen LogP contribution < -0.4 is 5.32 Å². The van der Waals surface area contributed by atoms with Gasteiger partial charge in [0.25, 0.3) is 0 Å². The van der Waals surface area contributed by atoms with Crippen molar-refractivity contribution in [1.82, 2.24) is 24.9 Å². The van der Waals surface area contributed by atoms with E-state index < -0.39 is 0 Å². The Balaban J connectivity index is 1.34. The number of hydrogen-bond acceptors (Lipinski definition) is 5. The molecule has 4 rings (SSSR count). The molecule has 1 saturated heterocycles. The van der Waals surface area contributed by atoms with Gasteiger partial charge in [0.1, 0.15) is 5.82 Å². The first-order chi connectivity index (χ1) is 12.2. The standard InChI is InChI=1S/C18H24N6O/c1-13-8-11-24(22-13)17-7-6-16(20-21-17)19-15-9-10-23(12-15)18(25)14-4-2-3-5-14/h6-8,11,14-15H,2-5,9-10,12H2,1H3,(H,19,20). The lowest BCUT2D eigenvalue weighted by molar-refractivity contribution is -0.134. The number of nitrogens with zero attached hydrogens (tertiary/aromatic N) is 5. The number of amides is 1. The molecule has 1 unspecified atom stereocenters. The van der Waals surface area contributed by atoms with E-state index in [1.807, 2.05) is 36.2 Å². The lowest BCUT2D eigenvalue weighted by Crippen LogP contribution is -2.35. The highest BCUT2D eigenvalue weighted by Gasteiger charge is 2.32. The fourth-order valence-corrected chi connectivity index (χ4v) is 3.79. The smallest absolute Gasteiger partial charge is 0.225 e. The van der Waals surface area contributed by atoms with Crippen LogP contribution in [0.4, 0.5) is 5.82 Å². The van der Waals surface area contributed by atoms with Crippen LogP contribution in [0.3, 0.4) is 0 Å². The van der Waals surface area contributed by atoms with E-state index >= 15 is 0 Å². The second-order valence-electron chi connectivity index (χ2n) is 7.07. The van der Waals surface area contributed by atoms with Gasteiger partial charge in [-0.2, -0.15) is 5.10 Å². The first-order valence-electron chi connectivity index (χ1n) is 9.11. The van der Waals surface area contributed by atoms with Crippen molar-refractivity contribution in [3.05, 3.63) is 30.1 Å². The largest absolute Gasteiger partial charge is 0.364 e. The van der Waals surface area contributed by atoms with Crippen LogP contribution in [0.5, 0.6) is 0 Å². The quantitative estimate of drug-likeness (QED) is 0.923. The Bertz CT molecular complexity index is 734. The van der Waals surface area contributed by atoms with E-state index in [0.717, 1.165) is 43.9 Å². The number of rotatable bonds is 4. The highest BCUT2D eigenvalue weighted by Crippen LogP contribution is 2.28. The number of carbonyl (C=O) groups excluding carboxylic acids is 1. The number of nitrogens with one attached hydrogen (secondary N) is 1. The summed E-state index contributed by atoms with van der Waals surface area (Å²) in [6.07, 6.45) is 7.35. The third-order valence-electron chi connectivity index (χ3n) is 5.16. The molecule has 25 heavy (non-hydrogen) atoms. The van der Waals surface area contributed by atoms with E-state index in [1.54, 1.807) is 4.68 Å². The van der Waals surface area contributed by atoms with Crippen molar-refractivity contribution in [2.45, 2.75) is 45.1 Å². The minimum absolute atomic E-state index is 0.248. The minimum Gasteiger partial charge on any atom is -0.364 e. The Morgan fingerprint density at radius 1 is 1.16 bits per heavy atom. The van der Waals surface area contributed by atoms with Gasteiger partial charge in [-0.15, -0.1) is 10.2 Å². The SMILES string of the molecule is Cc1ccn(-c2ccc(NC3CCN(C(=O)C4CCCC4)C3)nn2)n1. The number of aromatic nitrogens is 4. The topological polar surface area (TPSA) is 75.9 Å². The molecule has 132 valence electrons. The van der Waals surface area contributed by atoms with Gasteiger partial charge < -0.3 is 10.2 Å². The Morgan fingerprint density at radius 2 is 2.00 bits per heavy atom. The second kappa shape index (κ2) is 6.82. The van der Waals surface area contributed by atoms with Gasteiger partial charge >= 0.3 is 0 Å². The first-order valence-corrected chi connectivity index (χ1v) is 9.11. The van der Waals surface area contributed by atoms with Gasteiger partial charge in [0, 0.05) is 31.2 Å². The molecule has 0 aromatic carbocycles. The molecule has 2 aliphatic rings. The highest BCUT2D eigenvalue weighted by molar-refractivity contribution is 5.79. The van der Waals surface area contributed by atoms with E-state index in [2.05, 4.69) is 20.6 Å². The summed E-state index contributed by atoms with van der Waals surface area (Å²) >= 11 is 0. The fourth-order valence-electron chi connectivity index (χ4n) is 3.79. The Hall–Kier alpha value is -2.44. The van der Waals surface area contributed by atoms with Crippen LogP contribution in [-0.2, 0) is 4.79 Å². The van der Waals surface area contributed by atoms with Gasteiger partial charge in [-0.3, -0.25) is 4.79 Å². The number of hydrogen-bond donors (Lipinski definition) is 1. The van der Waals surface area contributed by atoms with E-state index in [1.165, 1.54) is 12.8 Å². The summed E-state index contributed by atoms with van der Waals surface area (Å²) in [6.45, 7) is 3.54. The summed E-state index contributed by atoms with van der Waals surface area (Å²) in [5.41, 5.74) is 0.946. The molecule has 1 N–H and O–H groups in total. The third-order valence-corrected chi connectivity index (χ3v) is 5.16. The van der Waals surface area contributed by atoms with Crippen molar-refractivity contribution in [1.29, 1.82) is 0 Å². The summed E-state index contributed by atoms with van der Waals surface area (Å²) in [5, 5.41) is 16.2. The highest BCUT2D eigenvalue weighted by atomic mass is 16.2. The van der Waals surface area contributed by atoms with Gasteiger partial charge in [-0.1, -0.05) is 12.8 Å². The molecule has 7 heteroatoms. The van der Waals surface area contributed by atoms with Gasteiger partial charge in [0.15, 0.2) is 5.82 Å². The van der Waals surface area contributed by atoms with E-state index in [-0.39, 0.29) is 12.0 Å². The lowest BCUT2D eigenvalue weighted by Gasteiger charge is -2.20. The van der Waals surface area contributed by atoms with Crippen molar-refractivity contribution in [3.63, 3.8) is 0 Å². The molecule has 1 aliphatic heterocycles. The molecule has 2 fully saturated rings. The van der Waals surface area contributed by atoms with Crippen molar-refractivity contribution in [2.75, 3.05) is 18.4 Å². The maximum atomic E-state index is 12.5.